The number of carbonyl (C=O) groups excluding carboxylic acids is 1. The molecule has 0 aromatic rings. The predicted molar refractivity (Wildman–Crippen MR) is 101 cm³/mol. The Morgan fingerprint density at radius 3 is 2.00 bits per heavy atom. The van der Waals surface area contributed by atoms with E-state index in [1.807, 2.05) is 11.8 Å². The van der Waals surface area contributed by atoms with Crippen molar-refractivity contribution in [2.45, 2.75) is 95.8 Å². The lowest BCUT2D eigenvalue weighted by atomic mass is 9.83. The van der Waals surface area contributed by atoms with Crippen LogP contribution in [0.3, 0.4) is 0 Å². The van der Waals surface area contributed by atoms with Crippen molar-refractivity contribution in [1.82, 2.24) is 15.1 Å². The molecule has 3 aliphatic rings. The van der Waals surface area contributed by atoms with E-state index < -0.39 is 5.97 Å². The van der Waals surface area contributed by atoms with E-state index in [0.717, 1.165) is 51.0 Å². The second kappa shape index (κ2) is 8.59. The van der Waals surface area contributed by atoms with Crippen molar-refractivity contribution in [3.8, 4) is 0 Å². The number of nitrogens with one attached hydrogen (secondary N) is 1. The monoisotopic (exact) mass is 365 g/mol. The summed E-state index contributed by atoms with van der Waals surface area (Å²) in [4.78, 5) is 28.0. The molecule has 26 heavy (non-hydrogen) atoms. The average molecular weight is 366 g/mol. The van der Waals surface area contributed by atoms with E-state index in [2.05, 4.69) is 17.1 Å². The topological polar surface area (TPSA) is 72.9 Å². The van der Waals surface area contributed by atoms with E-state index in [1.54, 1.807) is 0 Å². The van der Waals surface area contributed by atoms with Crippen molar-refractivity contribution in [1.29, 1.82) is 0 Å². The maximum atomic E-state index is 12.9. The first-order valence-electron chi connectivity index (χ1n) is 10.6. The van der Waals surface area contributed by atoms with Gasteiger partial charge >= 0.3 is 12.0 Å². The molecule has 0 aromatic heterocycles. The largest absolute Gasteiger partial charge is 0.480 e. The van der Waals surface area contributed by atoms with Crippen LogP contribution in [0.2, 0.25) is 0 Å². The van der Waals surface area contributed by atoms with Gasteiger partial charge in [-0.05, 0) is 63.8 Å². The van der Waals surface area contributed by atoms with Gasteiger partial charge in [-0.1, -0.05) is 20.3 Å². The van der Waals surface area contributed by atoms with Crippen LogP contribution in [0.25, 0.3) is 0 Å². The van der Waals surface area contributed by atoms with Crippen molar-refractivity contribution in [3.63, 3.8) is 0 Å². The van der Waals surface area contributed by atoms with Gasteiger partial charge in [0, 0.05) is 24.2 Å². The van der Waals surface area contributed by atoms with Gasteiger partial charge < -0.3 is 15.3 Å². The van der Waals surface area contributed by atoms with Gasteiger partial charge in [0.25, 0.3) is 0 Å². The second-order valence-corrected chi connectivity index (χ2v) is 8.45. The van der Waals surface area contributed by atoms with Gasteiger partial charge in [0.1, 0.15) is 0 Å². The summed E-state index contributed by atoms with van der Waals surface area (Å²) in [5.41, 5.74) is 0. The Morgan fingerprint density at radius 1 is 0.962 bits per heavy atom. The summed E-state index contributed by atoms with van der Waals surface area (Å²) < 4.78 is 0. The first-order chi connectivity index (χ1) is 12.5. The summed E-state index contributed by atoms with van der Waals surface area (Å²) in [6, 6.07) is 1.48. The molecule has 0 spiro atoms. The van der Waals surface area contributed by atoms with Gasteiger partial charge in [-0.15, -0.1) is 0 Å². The number of carbonyl (C=O) groups is 2. The highest BCUT2D eigenvalue weighted by Gasteiger charge is 2.41. The molecule has 6 nitrogen and oxygen atoms in total. The van der Waals surface area contributed by atoms with Crippen LogP contribution >= 0.6 is 0 Å². The third kappa shape index (κ3) is 4.70. The number of amides is 2. The lowest BCUT2D eigenvalue weighted by Gasteiger charge is -2.44. The summed E-state index contributed by atoms with van der Waals surface area (Å²) in [6.07, 6.45) is 10.1. The van der Waals surface area contributed by atoms with Crippen LogP contribution in [-0.2, 0) is 4.79 Å². The smallest absolute Gasteiger partial charge is 0.318 e. The summed E-state index contributed by atoms with van der Waals surface area (Å²) >= 11 is 0. The summed E-state index contributed by atoms with van der Waals surface area (Å²) in [7, 11) is 0. The number of aliphatic carboxylic acids is 1. The highest BCUT2D eigenvalue weighted by atomic mass is 16.4. The minimum atomic E-state index is -0.776. The van der Waals surface area contributed by atoms with Gasteiger partial charge in [-0.2, -0.15) is 0 Å². The Morgan fingerprint density at radius 2 is 1.54 bits per heavy atom. The third-order valence-corrected chi connectivity index (χ3v) is 6.66. The Labute approximate surface area is 157 Å². The number of rotatable bonds is 8. The summed E-state index contributed by atoms with van der Waals surface area (Å²) in [6.45, 7) is 5.10. The van der Waals surface area contributed by atoms with Crippen LogP contribution in [0.1, 0.15) is 71.6 Å². The Balaban J connectivity index is 1.47. The van der Waals surface area contributed by atoms with Gasteiger partial charge in [0.05, 0.1) is 6.54 Å². The molecule has 0 bridgehead atoms. The van der Waals surface area contributed by atoms with E-state index in [0.29, 0.717) is 12.1 Å². The first kappa shape index (κ1) is 19.5. The summed E-state index contributed by atoms with van der Waals surface area (Å²) in [5, 5.41) is 12.2. The van der Waals surface area contributed by atoms with Crippen LogP contribution in [0, 0.1) is 5.92 Å². The molecule has 2 amide bonds. The van der Waals surface area contributed by atoms with E-state index in [1.165, 1.54) is 19.3 Å². The fraction of sp³-hybridized carbons (Fsp3) is 0.900. The predicted octanol–water partition coefficient (Wildman–Crippen LogP) is 3.07. The van der Waals surface area contributed by atoms with Crippen molar-refractivity contribution < 1.29 is 14.7 Å². The first-order valence-corrected chi connectivity index (χ1v) is 10.6. The van der Waals surface area contributed by atoms with Gasteiger partial charge in [-0.25, -0.2) is 4.79 Å². The molecule has 148 valence electrons. The molecule has 2 N–H and O–H groups in total. The molecule has 0 aromatic carbocycles. The molecular formula is C20H35N3O3. The molecule has 0 radical (unpaired) electrons. The molecule has 3 saturated carbocycles. The van der Waals surface area contributed by atoms with E-state index in [9.17, 15) is 9.59 Å². The zero-order valence-electron chi connectivity index (χ0n) is 16.3. The molecule has 0 aliphatic heterocycles. The second-order valence-electron chi connectivity index (χ2n) is 8.45. The number of carboxylic acids is 1. The SMILES string of the molecule is CCC1CCC(N(C(=O)NC2CC(N(CC)CC(=O)O)C2)C2CC2)CC1. The Kier molecular flexibility index (Phi) is 6.43. The van der Waals surface area contributed by atoms with E-state index in [4.69, 9.17) is 5.11 Å². The third-order valence-electron chi connectivity index (χ3n) is 6.66. The Hall–Kier alpha value is -1.30. The van der Waals surface area contributed by atoms with Crippen molar-refractivity contribution >= 4 is 12.0 Å². The van der Waals surface area contributed by atoms with Gasteiger partial charge in [-0.3, -0.25) is 9.69 Å². The molecule has 0 heterocycles. The van der Waals surface area contributed by atoms with Crippen LogP contribution in [0.15, 0.2) is 0 Å². The van der Waals surface area contributed by atoms with Crippen molar-refractivity contribution in [2.75, 3.05) is 13.1 Å². The Bertz CT molecular complexity index is 495. The number of likely N-dealkylation sites (N-methyl/N-ethyl adjacent to an activating group) is 1. The van der Waals surface area contributed by atoms with Crippen LogP contribution in [-0.4, -0.2) is 64.2 Å². The van der Waals surface area contributed by atoms with Crippen LogP contribution in [0.4, 0.5) is 4.79 Å². The molecule has 0 atom stereocenters. The van der Waals surface area contributed by atoms with Crippen molar-refractivity contribution in [2.24, 2.45) is 5.92 Å². The normalized spacial score (nSPS) is 31.3. The fourth-order valence-corrected chi connectivity index (χ4v) is 4.74. The zero-order chi connectivity index (χ0) is 18.7. The molecule has 0 saturated heterocycles. The molecule has 6 heteroatoms. The number of nitrogens with zero attached hydrogens (tertiary/aromatic N) is 2. The molecule has 0 unspecified atom stereocenters. The zero-order valence-corrected chi connectivity index (χ0v) is 16.3. The maximum Gasteiger partial charge on any atom is 0.318 e. The van der Waals surface area contributed by atoms with Crippen LogP contribution < -0.4 is 5.32 Å². The minimum Gasteiger partial charge on any atom is -0.480 e. The fourth-order valence-electron chi connectivity index (χ4n) is 4.74. The molecule has 3 fully saturated rings. The van der Waals surface area contributed by atoms with Gasteiger partial charge in [0.15, 0.2) is 0 Å². The lowest BCUT2D eigenvalue weighted by Crippen LogP contribution is -2.58. The van der Waals surface area contributed by atoms with E-state index in [-0.39, 0.29) is 24.7 Å². The highest BCUT2D eigenvalue weighted by Crippen LogP contribution is 2.36. The maximum absolute atomic E-state index is 12.9. The average Bonchev–Trinajstić information content (AvgIpc) is 3.41. The number of urea groups is 1. The standard InChI is InChI=1S/C20H35N3O3/c1-3-14-5-7-16(8-6-14)23(17-9-10-17)20(26)21-15-11-18(12-15)22(4-2)13-19(24)25/h14-18H,3-13H2,1-2H3,(H,21,26)(H,24,25). The van der Waals surface area contributed by atoms with E-state index >= 15 is 0 Å². The number of hydrogen-bond donors (Lipinski definition) is 2. The quantitative estimate of drug-likeness (QED) is 0.693. The van der Waals surface area contributed by atoms with Gasteiger partial charge in [0.2, 0.25) is 0 Å². The molecule has 3 aliphatic carbocycles. The molecule has 3 rings (SSSR count). The van der Waals surface area contributed by atoms with Crippen molar-refractivity contribution in [3.05, 3.63) is 0 Å². The number of hydrogen-bond acceptors (Lipinski definition) is 3. The molecular weight excluding hydrogens is 330 g/mol. The van der Waals surface area contributed by atoms with Crippen LogP contribution in [0.5, 0.6) is 0 Å². The minimum absolute atomic E-state index is 0.0939. The highest BCUT2D eigenvalue weighted by molar-refractivity contribution is 5.76. The number of carboxylic acid groups (broad SMARTS) is 1. The lowest BCUT2D eigenvalue weighted by molar-refractivity contribution is -0.139. The summed E-state index contributed by atoms with van der Waals surface area (Å²) in [5.74, 6) is 0.0685.